The highest BCUT2D eigenvalue weighted by molar-refractivity contribution is 5.72. The molecule has 0 fully saturated rings. The van der Waals surface area contributed by atoms with Gasteiger partial charge < -0.3 is 14.2 Å². The molecule has 0 aliphatic heterocycles. The number of ether oxygens (including phenoxy) is 3. The van der Waals surface area contributed by atoms with Gasteiger partial charge in [0.2, 0.25) is 0 Å². The standard InChI is InChI=1S/C30H46N2O4/c1-3-5-7-9-10-11-12-16-29(33)36-27-19-17-26(18-20-27)30-31-24-28(25-32-30)35-23-15-14-22-34-21-13-8-6-4-2/h17-20,24-25H,3-16,21-23H2,1-2H3. The van der Waals surface area contributed by atoms with Crippen LogP contribution in [-0.4, -0.2) is 35.8 Å². The second-order valence-electron chi connectivity index (χ2n) is 9.34. The third-order valence-electron chi connectivity index (χ3n) is 6.05. The first-order valence-corrected chi connectivity index (χ1v) is 14.1. The van der Waals surface area contributed by atoms with Crippen LogP contribution in [0.5, 0.6) is 11.5 Å². The van der Waals surface area contributed by atoms with Gasteiger partial charge in [-0.2, -0.15) is 0 Å². The molecule has 0 saturated carbocycles. The van der Waals surface area contributed by atoms with Gasteiger partial charge in [0, 0.05) is 25.2 Å². The highest BCUT2D eigenvalue weighted by Crippen LogP contribution is 2.21. The van der Waals surface area contributed by atoms with Crippen molar-refractivity contribution in [3.63, 3.8) is 0 Å². The zero-order chi connectivity index (χ0) is 25.7. The molecule has 0 spiro atoms. The second-order valence-corrected chi connectivity index (χ2v) is 9.34. The third-order valence-corrected chi connectivity index (χ3v) is 6.05. The summed E-state index contributed by atoms with van der Waals surface area (Å²) in [5, 5.41) is 0. The number of esters is 1. The van der Waals surface area contributed by atoms with Gasteiger partial charge in [0.15, 0.2) is 11.6 Å². The molecule has 6 heteroatoms. The predicted octanol–water partition coefficient (Wildman–Crippen LogP) is 7.95. The van der Waals surface area contributed by atoms with Gasteiger partial charge in [0.25, 0.3) is 0 Å². The van der Waals surface area contributed by atoms with Gasteiger partial charge in [0.1, 0.15) is 5.75 Å². The van der Waals surface area contributed by atoms with E-state index in [9.17, 15) is 4.79 Å². The number of hydrogen-bond acceptors (Lipinski definition) is 6. The molecule has 6 nitrogen and oxygen atoms in total. The summed E-state index contributed by atoms with van der Waals surface area (Å²) in [6.07, 6.45) is 19.0. The van der Waals surface area contributed by atoms with E-state index in [1.54, 1.807) is 24.5 Å². The Labute approximate surface area is 218 Å². The Bertz CT molecular complexity index is 809. The van der Waals surface area contributed by atoms with E-state index in [1.807, 2.05) is 12.1 Å². The Morgan fingerprint density at radius 2 is 1.22 bits per heavy atom. The maximum atomic E-state index is 12.1. The second kappa shape index (κ2) is 19.7. The summed E-state index contributed by atoms with van der Waals surface area (Å²) < 4.78 is 16.9. The van der Waals surface area contributed by atoms with Crippen LogP contribution in [0.4, 0.5) is 0 Å². The summed E-state index contributed by atoms with van der Waals surface area (Å²) in [6, 6.07) is 7.32. The molecule has 200 valence electrons. The monoisotopic (exact) mass is 498 g/mol. The topological polar surface area (TPSA) is 70.5 Å². The summed E-state index contributed by atoms with van der Waals surface area (Å²) in [5.74, 6) is 1.65. The summed E-state index contributed by atoms with van der Waals surface area (Å²) >= 11 is 0. The van der Waals surface area contributed by atoms with Crippen LogP contribution in [0.1, 0.15) is 104 Å². The highest BCUT2D eigenvalue weighted by Gasteiger charge is 2.07. The van der Waals surface area contributed by atoms with Crippen molar-refractivity contribution < 1.29 is 19.0 Å². The van der Waals surface area contributed by atoms with Crippen molar-refractivity contribution in [1.29, 1.82) is 0 Å². The average Bonchev–Trinajstić information content (AvgIpc) is 2.90. The molecule has 0 bridgehead atoms. The molecule has 0 radical (unpaired) electrons. The van der Waals surface area contributed by atoms with Gasteiger partial charge >= 0.3 is 5.97 Å². The van der Waals surface area contributed by atoms with Crippen molar-refractivity contribution in [2.75, 3.05) is 19.8 Å². The van der Waals surface area contributed by atoms with Gasteiger partial charge in [-0.05, 0) is 49.9 Å². The largest absolute Gasteiger partial charge is 0.490 e. The summed E-state index contributed by atoms with van der Waals surface area (Å²) in [6.45, 7) is 6.71. The van der Waals surface area contributed by atoms with E-state index >= 15 is 0 Å². The van der Waals surface area contributed by atoms with Crippen molar-refractivity contribution in [3.8, 4) is 22.9 Å². The lowest BCUT2D eigenvalue weighted by Gasteiger charge is -2.08. The molecule has 0 unspecified atom stereocenters. The van der Waals surface area contributed by atoms with Crippen LogP contribution in [-0.2, 0) is 9.53 Å². The van der Waals surface area contributed by atoms with Crippen molar-refractivity contribution in [1.82, 2.24) is 9.97 Å². The zero-order valence-corrected chi connectivity index (χ0v) is 22.5. The summed E-state index contributed by atoms with van der Waals surface area (Å²) in [7, 11) is 0. The molecule has 0 aliphatic carbocycles. The SMILES string of the molecule is CCCCCCCCCC(=O)Oc1ccc(-c2ncc(OCCCCOCCCCCC)cn2)cc1. The fraction of sp³-hybridized carbons (Fsp3) is 0.633. The van der Waals surface area contributed by atoms with Crippen molar-refractivity contribution >= 4 is 5.97 Å². The summed E-state index contributed by atoms with van der Waals surface area (Å²) in [4.78, 5) is 20.9. The molecule has 0 atom stereocenters. The number of carbonyl (C=O) groups excluding carboxylic acids is 1. The molecule has 1 aromatic carbocycles. The van der Waals surface area contributed by atoms with Gasteiger partial charge in [0.05, 0.1) is 19.0 Å². The first kappa shape index (κ1) is 29.8. The van der Waals surface area contributed by atoms with Gasteiger partial charge in [-0.1, -0.05) is 71.6 Å². The highest BCUT2D eigenvalue weighted by atomic mass is 16.5. The molecule has 0 N–H and O–H groups in total. The Hall–Kier alpha value is -2.47. The molecular formula is C30H46N2O4. The lowest BCUT2D eigenvalue weighted by Crippen LogP contribution is -2.07. The van der Waals surface area contributed by atoms with Crippen LogP contribution >= 0.6 is 0 Å². The van der Waals surface area contributed by atoms with E-state index < -0.39 is 0 Å². The molecule has 0 amide bonds. The van der Waals surface area contributed by atoms with Crippen LogP contribution in [0.2, 0.25) is 0 Å². The number of hydrogen-bond donors (Lipinski definition) is 0. The normalized spacial score (nSPS) is 10.9. The first-order chi connectivity index (χ1) is 17.7. The molecule has 0 saturated heterocycles. The van der Waals surface area contributed by atoms with E-state index in [4.69, 9.17) is 14.2 Å². The van der Waals surface area contributed by atoms with Crippen molar-refractivity contribution in [2.45, 2.75) is 104 Å². The Morgan fingerprint density at radius 3 is 1.89 bits per heavy atom. The fourth-order valence-corrected chi connectivity index (χ4v) is 3.85. The minimum atomic E-state index is -0.174. The van der Waals surface area contributed by atoms with E-state index in [-0.39, 0.29) is 5.97 Å². The molecule has 2 rings (SSSR count). The number of carbonyl (C=O) groups is 1. The van der Waals surface area contributed by atoms with Crippen LogP contribution < -0.4 is 9.47 Å². The van der Waals surface area contributed by atoms with Crippen LogP contribution in [0.3, 0.4) is 0 Å². The third kappa shape index (κ3) is 13.6. The summed E-state index contributed by atoms with van der Waals surface area (Å²) in [5.41, 5.74) is 0.865. The lowest BCUT2D eigenvalue weighted by molar-refractivity contribution is -0.134. The quantitative estimate of drug-likeness (QED) is 0.0988. The lowest BCUT2D eigenvalue weighted by atomic mass is 10.1. The van der Waals surface area contributed by atoms with Crippen LogP contribution in [0.15, 0.2) is 36.7 Å². The smallest absolute Gasteiger partial charge is 0.311 e. The van der Waals surface area contributed by atoms with Gasteiger partial charge in [-0.15, -0.1) is 0 Å². The molecule has 1 heterocycles. The number of benzene rings is 1. The van der Waals surface area contributed by atoms with Crippen molar-refractivity contribution in [3.05, 3.63) is 36.7 Å². The molecule has 2 aromatic rings. The van der Waals surface area contributed by atoms with E-state index in [0.29, 0.717) is 30.4 Å². The number of rotatable bonds is 21. The molecule has 1 aromatic heterocycles. The average molecular weight is 499 g/mol. The van der Waals surface area contributed by atoms with E-state index in [2.05, 4.69) is 23.8 Å². The maximum absolute atomic E-state index is 12.1. The van der Waals surface area contributed by atoms with Gasteiger partial charge in [-0.3, -0.25) is 4.79 Å². The van der Waals surface area contributed by atoms with Crippen molar-refractivity contribution in [2.24, 2.45) is 0 Å². The van der Waals surface area contributed by atoms with Crippen LogP contribution in [0, 0.1) is 0 Å². The van der Waals surface area contributed by atoms with E-state index in [1.165, 1.54) is 51.4 Å². The predicted molar refractivity (Wildman–Crippen MR) is 145 cm³/mol. The Kier molecular flexibility index (Phi) is 16.3. The fourth-order valence-electron chi connectivity index (χ4n) is 3.85. The van der Waals surface area contributed by atoms with Gasteiger partial charge in [-0.25, -0.2) is 9.97 Å². The zero-order valence-electron chi connectivity index (χ0n) is 22.5. The maximum Gasteiger partial charge on any atom is 0.311 e. The minimum Gasteiger partial charge on any atom is -0.490 e. The molecule has 0 aliphatic rings. The minimum absolute atomic E-state index is 0.174. The Balaban J connectivity index is 1.60. The Morgan fingerprint density at radius 1 is 0.667 bits per heavy atom. The van der Waals surface area contributed by atoms with E-state index in [0.717, 1.165) is 50.9 Å². The number of nitrogens with zero attached hydrogens (tertiary/aromatic N) is 2. The number of unbranched alkanes of at least 4 members (excludes halogenated alkanes) is 10. The molecular weight excluding hydrogens is 452 g/mol. The van der Waals surface area contributed by atoms with Crippen LogP contribution in [0.25, 0.3) is 11.4 Å². The molecule has 36 heavy (non-hydrogen) atoms. The number of aromatic nitrogens is 2. The first-order valence-electron chi connectivity index (χ1n) is 14.1.